The average molecular weight is 246 g/mol. The number of hydrogen-bond donors (Lipinski definition) is 3. The molecule has 0 fully saturated rings. The normalized spacial score (nSPS) is 13.1. The molecule has 0 saturated carbocycles. The van der Waals surface area contributed by atoms with Gasteiger partial charge in [0.05, 0.1) is 0 Å². The van der Waals surface area contributed by atoms with Crippen molar-refractivity contribution in [3.63, 3.8) is 0 Å². The first-order valence-corrected chi connectivity index (χ1v) is 6.10. The molecule has 1 atom stereocenters. The highest BCUT2D eigenvalue weighted by Crippen LogP contribution is 2.17. The van der Waals surface area contributed by atoms with Crippen molar-refractivity contribution >= 4 is 16.9 Å². The third-order valence-electron chi connectivity index (χ3n) is 3.12. The van der Waals surface area contributed by atoms with Gasteiger partial charge < -0.3 is 15.4 Å². The minimum absolute atomic E-state index is 0.0627. The van der Waals surface area contributed by atoms with E-state index in [1.165, 1.54) is 0 Å². The van der Waals surface area contributed by atoms with Gasteiger partial charge in [0.1, 0.15) is 6.04 Å². The fourth-order valence-electron chi connectivity index (χ4n) is 2.11. The molecule has 18 heavy (non-hydrogen) atoms. The van der Waals surface area contributed by atoms with Crippen LogP contribution in [0.5, 0.6) is 0 Å². The number of carboxylic acid groups (broad SMARTS) is 1. The molecule has 0 aliphatic heterocycles. The molecule has 0 radical (unpaired) electrons. The molecule has 1 aromatic heterocycles. The second kappa shape index (κ2) is 5.23. The molecule has 3 N–H and O–H groups in total. The van der Waals surface area contributed by atoms with Crippen LogP contribution in [0.4, 0.5) is 0 Å². The molecule has 0 amide bonds. The zero-order chi connectivity index (χ0) is 13.1. The topological polar surface area (TPSA) is 65.1 Å². The Morgan fingerprint density at radius 3 is 2.78 bits per heavy atom. The third kappa shape index (κ3) is 2.54. The van der Waals surface area contributed by atoms with E-state index >= 15 is 0 Å². The van der Waals surface area contributed by atoms with Crippen molar-refractivity contribution in [2.45, 2.75) is 26.4 Å². The number of rotatable bonds is 5. The summed E-state index contributed by atoms with van der Waals surface area (Å²) in [5.74, 6) is -0.738. The van der Waals surface area contributed by atoms with Crippen LogP contribution in [0.2, 0.25) is 0 Å². The van der Waals surface area contributed by atoms with Gasteiger partial charge in [0.25, 0.3) is 0 Å². The van der Waals surface area contributed by atoms with Crippen molar-refractivity contribution in [2.75, 3.05) is 0 Å². The standard InChI is InChI=1S/C14H18N2O2/c1-9(2)13(14(17)18)16-8-10-7-15-12-6-4-3-5-11(10)12/h3-7,9,13,15-16H,8H2,1-2H3,(H,17,18)/t13-/m0/s1. The Kier molecular flexibility index (Phi) is 3.67. The van der Waals surface area contributed by atoms with Gasteiger partial charge in [0, 0.05) is 23.6 Å². The van der Waals surface area contributed by atoms with Gasteiger partial charge in [-0.25, -0.2) is 0 Å². The van der Waals surface area contributed by atoms with Crippen LogP contribution in [0.25, 0.3) is 10.9 Å². The van der Waals surface area contributed by atoms with E-state index in [2.05, 4.69) is 10.3 Å². The summed E-state index contributed by atoms with van der Waals surface area (Å²) in [5, 5.41) is 13.3. The maximum absolute atomic E-state index is 11.1. The molecule has 0 spiro atoms. The maximum atomic E-state index is 11.1. The van der Waals surface area contributed by atoms with Crippen molar-refractivity contribution in [2.24, 2.45) is 5.92 Å². The van der Waals surface area contributed by atoms with Gasteiger partial charge in [-0.2, -0.15) is 0 Å². The number of hydrogen-bond acceptors (Lipinski definition) is 2. The molecule has 0 aliphatic carbocycles. The van der Waals surface area contributed by atoms with Crippen molar-refractivity contribution in [1.82, 2.24) is 10.3 Å². The first kappa shape index (κ1) is 12.6. The summed E-state index contributed by atoms with van der Waals surface area (Å²) in [6.45, 7) is 4.36. The smallest absolute Gasteiger partial charge is 0.320 e. The largest absolute Gasteiger partial charge is 0.480 e. The van der Waals surface area contributed by atoms with Crippen molar-refractivity contribution in [3.05, 3.63) is 36.0 Å². The number of benzene rings is 1. The predicted molar refractivity (Wildman–Crippen MR) is 71.4 cm³/mol. The van der Waals surface area contributed by atoms with E-state index < -0.39 is 12.0 Å². The van der Waals surface area contributed by atoms with E-state index in [0.29, 0.717) is 6.54 Å². The number of aromatic nitrogens is 1. The van der Waals surface area contributed by atoms with Gasteiger partial charge in [-0.1, -0.05) is 32.0 Å². The lowest BCUT2D eigenvalue weighted by atomic mass is 10.0. The van der Waals surface area contributed by atoms with E-state index in [-0.39, 0.29) is 5.92 Å². The highest BCUT2D eigenvalue weighted by Gasteiger charge is 2.20. The van der Waals surface area contributed by atoms with Crippen molar-refractivity contribution < 1.29 is 9.90 Å². The number of aliphatic carboxylic acids is 1. The molecule has 0 bridgehead atoms. The van der Waals surface area contributed by atoms with Crippen LogP contribution < -0.4 is 5.32 Å². The number of carbonyl (C=O) groups is 1. The van der Waals surface area contributed by atoms with E-state index in [4.69, 9.17) is 5.11 Å². The molecule has 0 aliphatic rings. The summed E-state index contributed by atoms with van der Waals surface area (Å²) in [5.41, 5.74) is 2.17. The molecule has 0 unspecified atom stereocenters. The van der Waals surface area contributed by atoms with Crippen LogP contribution in [-0.2, 0) is 11.3 Å². The first-order valence-electron chi connectivity index (χ1n) is 6.10. The van der Waals surface area contributed by atoms with E-state index in [1.54, 1.807) is 0 Å². The molecule has 4 nitrogen and oxygen atoms in total. The van der Waals surface area contributed by atoms with Gasteiger partial charge >= 0.3 is 5.97 Å². The summed E-state index contributed by atoms with van der Waals surface area (Å²) >= 11 is 0. The van der Waals surface area contributed by atoms with Gasteiger partial charge in [0.15, 0.2) is 0 Å². The lowest BCUT2D eigenvalue weighted by Crippen LogP contribution is -2.40. The van der Waals surface area contributed by atoms with Crippen LogP contribution in [-0.4, -0.2) is 22.1 Å². The number of H-pyrrole nitrogens is 1. The van der Waals surface area contributed by atoms with Gasteiger partial charge in [0.2, 0.25) is 0 Å². The number of nitrogens with one attached hydrogen (secondary N) is 2. The van der Waals surface area contributed by atoms with Crippen molar-refractivity contribution in [1.29, 1.82) is 0 Å². The Labute approximate surface area is 106 Å². The molecular formula is C14H18N2O2. The molecule has 4 heteroatoms. The lowest BCUT2D eigenvalue weighted by molar-refractivity contribution is -0.140. The number of aromatic amines is 1. The summed E-state index contributed by atoms with van der Waals surface area (Å²) in [6, 6.07) is 7.49. The summed E-state index contributed by atoms with van der Waals surface area (Å²) < 4.78 is 0. The minimum Gasteiger partial charge on any atom is -0.480 e. The molecular weight excluding hydrogens is 228 g/mol. The van der Waals surface area contributed by atoms with Crippen LogP contribution in [0.1, 0.15) is 19.4 Å². The lowest BCUT2D eigenvalue weighted by Gasteiger charge is -2.17. The Bertz CT molecular complexity index is 545. The Morgan fingerprint density at radius 2 is 2.11 bits per heavy atom. The van der Waals surface area contributed by atoms with Crippen LogP contribution >= 0.6 is 0 Å². The average Bonchev–Trinajstić information content (AvgIpc) is 2.72. The third-order valence-corrected chi connectivity index (χ3v) is 3.12. The van der Waals surface area contributed by atoms with Crippen molar-refractivity contribution in [3.8, 4) is 0 Å². The summed E-state index contributed by atoms with van der Waals surface area (Å²) in [7, 11) is 0. The van der Waals surface area contributed by atoms with Gasteiger partial charge in [-0.3, -0.25) is 4.79 Å². The van der Waals surface area contributed by atoms with E-state index in [0.717, 1.165) is 16.5 Å². The SMILES string of the molecule is CC(C)[C@H](NCc1c[nH]c2ccccc12)C(=O)O. The molecule has 1 aromatic carbocycles. The Hall–Kier alpha value is -1.81. The molecule has 96 valence electrons. The number of fused-ring (bicyclic) bond motifs is 1. The van der Waals surface area contributed by atoms with Crippen LogP contribution in [0, 0.1) is 5.92 Å². The summed E-state index contributed by atoms with van der Waals surface area (Å²) in [6.07, 6.45) is 1.93. The highest BCUT2D eigenvalue weighted by molar-refractivity contribution is 5.83. The number of carboxylic acids is 1. The van der Waals surface area contributed by atoms with E-state index in [9.17, 15) is 4.79 Å². The summed E-state index contributed by atoms with van der Waals surface area (Å²) in [4.78, 5) is 14.3. The number of para-hydroxylation sites is 1. The molecule has 1 heterocycles. The Morgan fingerprint density at radius 1 is 1.39 bits per heavy atom. The highest BCUT2D eigenvalue weighted by atomic mass is 16.4. The monoisotopic (exact) mass is 246 g/mol. The second-order valence-corrected chi connectivity index (χ2v) is 4.80. The first-order chi connectivity index (χ1) is 8.59. The molecule has 0 saturated heterocycles. The Balaban J connectivity index is 2.12. The van der Waals surface area contributed by atoms with Gasteiger partial charge in [-0.15, -0.1) is 0 Å². The molecule has 2 aromatic rings. The van der Waals surface area contributed by atoms with Gasteiger partial charge in [-0.05, 0) is 17.5 Å². The quantitative estimate of drug-likeness (QED) is 0.758. The fraction of sp³-hybridized carbons (Fsp3) is 0.357. The fourth-order valence-corrected chi connectivity index (χ4v) is 2.11. The molecule has 2 rings (SSSR count). The van der Waals surface area contributed by atoms with E-state index in [1.807, 2.05) is 44.3 Å². The van der Waals surface area contributed by atoms with Crippen LogP contribution in [0.15, 0.2) is 30.5 Å². The van der Waals surface area contributed by atoms with Crippen LogP contribution in [0.3, 0.4) is 0 Å². The second-order valence-electron chi connectivity index (χ2n) is 4.80. The predicted octanol–water partition coefficient (Wildman–Crippen LogP) is 2.37. The zero-order valence-electron chi connectivity index (χ0n) is 10.6. The minimum atomic E-state index is -0.801. The zero-order valence-corrected chi connectivity index (χ0v) is 10.6. The maximum Gasteiger partial charge on any atom is 0.320 e.